The van der Waals surface area contributed by atoms with Gasteiger partial charge in [0, 0.05) is 4.88 Å². The first-order valence-electron chi connectivity index (χ1n) is 11.5. The lowest BCUT2D eigenvalue weighted by Crippen LogP contribution is -2.17. The van der Waals surface area contributed by atoms with Gasteiger partial charge in [-0.3, -0.25) is 0 Å². The highest BCUT2D eigenvalue weighted by molar-refractivity contribution is 7.18. The molecule has 0 saturated heterocycles. The Hall–Kier alpha value is -2.63. The number of nitrogens with zero attached hydrogens (tertiary/aromatic N) is 2. The highest BCUT2D eigenvalue weighted by Gasteiger charge is 2.25. The lowest BCUT2D eigenvalue weighted by atomic mass is 9.99. The minimum Gasteiger partial charge on any atom is -0.494 e. The van der Waals surface area contributed by atoms with Gasteiger partial charge in [0.2, 0.25) is 0 Å². The van der Waals surface area contributed by atoms with Gasteiger partial charge in [-0.2, -0.15) is 5.10 Å². The van der Waals surface area contributed by atoms with Crippen LogP contribution in [0.2, 0.25) is 0 Å². The van der Waals surface area contributed by atoms with Crippen LogP contribution in [0.4, 0.5) is 0 Å². The molecule has 0 bridgehead atoms. The Bertz CT molecular complexity index is 1130. The largest absolute Gasteiger partial charge is 0.494 e. The Morgan fingerprint density at radius 3 is 2.44 bits per heavy atom. The van der Waals surface area contributed by atoms with Crippen LogP contribution in [0.25, 0.3) is 26.7 Å². The molecule has 5 heteroatoms. The Kier molecular flexibility index (Phi) is 6.68. The van der Waals surface area contributed by atoms with Gasteiger partial charge in [-0.15, -0.1) is 11.3 Å². The quantitative estimate of drug-likeness (QED) is 0.394. The van der Waals surface area contributed by atoms with Crippen LogP contribution in [0, 0.1) is 0 Å². The van der Waals surface area contributed by atoms with Crippen LogP contribution in [-0.2, 0) is 5.60 Å². The topological polar surface area (TPSA) is 47.3 Å². The van der Waals surface area contributed by atoms with Gasteiger partial charge in [-0.25, -0.2) is 4.68 Å². The van der Waals surface area contributed by atoms with Crippen LogP contribution >= 0.6 is 11.3 Å². The number of rotatable bonds is 8. The van der Waals surface area contributed by atoms with Crippen molar-refractivity contribution in [3.63, 3.8) is 0 Å². The number of ether oxygens (including phenoxy) is 1. The van der Waals surface area contributed by atoms with Gasteiger partial charge in [-0.05, 0) is 93.6 Å². The van der Waals surface area contributed by atoms with Crippen LogP contribution in [0.3, 0.4) is 0 Å². The zero-order valence-electron chi connectivity index (χ0n) is 19.4. The lowest BCUT2D eigenvalue weighted by Gasteiger charge is -2.18. The third kappa shape index (κ3) is 4.74. The monoisotopic (exact) mass is 448 g/mol. The zero-order chi connectivity index (χ0) is 22.7. The van der Waals surface area contributed by atoms with Gasteiger partial charge < -0.3 is 9.84 Å². The Morgan fingerprint density at radius 1 is 1.03 bits per heavy atom. The standard InChI is InChI=1S/C27H32N2O2S/c1-5-9-19-10-7-8-11-22(19)29-23(18-26(28-29)27(3,4)30)25-17-16-24(32-25)20-12-14-21(15-13-20)31-6-2/h10-18,30H,5-9H2,1-4H3. The second kappa shape index (κ2) is 9.47. The van der Waals surface area contributed by atoms with Gasteiger partial charge in [0.15, 0.2) is 0 Å². The molecule has 1 aliphatic rings. The second-order valence-electron chi connectivity index (χ2n) is 8.65. The maximum atomic E-state index is 10.7. The molecule has 0 radical (unpaired) electrons. The first kappa shape index (κ1) is 22.6. The van der Waals surface area contributed by atoms with E-state index in [1.807, 2.05) is 29.8 Å². The summed E-state index contributed by atoms with van der Waals surface area (Å²) in [5, 5.41) is 15.6. The SMILES string of the molecule is CCCC1=CCCC=C1n1nc(C(C)(C)O)cc1-c1ccc(-c2ccc(OCC)cc2)s1. The highest BCUT2D eigenvalue weighted by Crippen LogP contribution is 2.39. The number of aromatic nitrogens is 2. The molecule has 32 heavy (non-hydrogen) atoms. The van der Waals surface area contributed by atoms with E-state index in [0.717, 1.165) is 47.7 Å². The minimum atomic E-state index is -1.00. The molecular formula is C27H32N2O2S. The molecule has 1 aromatic carbocycles. The van der Waals surface area contributed by atoms with E-state index in [1.165, 1.54) is 16.0 Å². The van der Waals surface area contributed by atoms with E-state index < -0.39 is 5.60 Å². The number of aliphatic hydroxyl groups is 1. The van der Waals surface area contributed by atoms with Crippen molar-refractivity contribution in [2.45, 2.75) is 59.0 Å². The molecule has 2 aromatic heterocycles. The summed E-state index contributed by atoms with van der Waals surface area (Å²) in [7, 11) is 0. The van der Waals surface area contributed by atoms with Gasteiger partial charge >= 0.3 is 0 Å². The molecule has 1 N–H and O–H groups in total. The van der Waals surface area contributed by atoms with Crippen LogP contribution in [0.1, 0.15) is 59.1 Å². The molecular weight excluding hydrogens is 416 g/mol. The Labute approximate surface area is 194 Å². The first-order valence-corrected chi connectivity index (χ1v) is 12.3. The maximum absolute atomic E-state index is 10.7. The molecule has 0 aliphatic heterocycles. The van der Waals surface area contributed by atoms with Gasteiger partial charge in [0.1, 0.15) is 11.4 Å². The van der Waals surface area contributed by atoms with Crippen LogP contribution < -0.4 is 4.74 Å². The number of benzene rings is 1. The van der Waals surface area contributed by atoms with E-state index in [1.54, 1.807) is 25.2 Å². The molecule has 0 unspecified atom stereocenters. The van der Waals surface area contributed by atoms with E-state index in [2.05, 4.69) is 43.3 Å². The summed E-state index contributed by atoms with van der Waals surface area (Å²) in [4.78, 5) is 2.33. The predicted molar refractivity (Wildman–Crippen MR) is 134 cm³/mol. The third-order valence-corrected chi connectivity index (χ3v) is 6.77. The van der Waals surface area contributed by atoms with Gasteiger partial charge in [-0.1, -0.05) is 25.5 Å². The summed E-state index contributed by atoms with van der Waals surface area (Å²) in [5.41, 5.74) is 4.37. The lowest BCUT2D eigenvalue weighted by molar-refractivity contribution is 0.0735. The van der Waals surface area contributed by atoms with Crippen LogP contribution in [-0.4, -0.2) is 21.5 Å². The van der Waals surface area contributed by atoms with Crippen molar-refractivity contribution in [1.82, 2.24) is 9.78 Å². The molecule has 1 aliphatic carbocycles. The second-order valence-corrected chi connectivity index (χ2v) is 9.74. The summed E-state index contributed by atoms with van der Waals surface area (Å²) in [6.07, 6.45) is 8.85. The summed E-state index contributed by atoms with van der Waals surface area (Å²) in [6.45, 7) is 8.46. The van der Waals surface area contributed by atoms with E-state index in [-0.39, 0.29) is 0 Å². The summed E-state index contributed by atoms with van der Waals surface area (Å²) < 4.78 is 7.62. The van der Waals surface area contributed by atoms with E-state index in [9.17, 15) is 5.11 Å². The van der Waals surface area contributed by atoms with Crippen LogP contribution in [0.15, 0.2) is 60.2 Å². The molecule has 3 aromatic rings. The Morgan fingerprint density at radius 2 is 1.75 bits per heavy atom. The fourth-order valence-electron chi connectivity index (χ4n) is 3.99. The number of hydrogen-bond acceptors (Lipinski definition) is 4. The average molecular weight is 449 g/mol. The summed E-state index contributed by atoms with van der Waals surface area (Å²) >= 11 is 1.75. The molecule has 0 atom stereocenters. The smallest absolute Gasteiger partial charge is 0.119 e. The first-order chi connectivity index (χ1) is 15.4. The predicted octanol–water partition coefficient (Wildman–Crippen LogP) is 7.27. The van der Waals surface area contributed by atoms with Crippen molar-refractivity contribution in [2.24, 2.45) is 0 Å². The number of allylic oxidation sites excluding steroid dienone is 4. The Balaban J connectivity index is 1.74. The molecule has 0 amide bonds. The number of thiophene rings is 1. The van der Waals surface area contributed by atoms with Gasteiger partial charge in [0.05, 0.1) is 28.6 Å². The van der Waals surface area contributed by atoms with E-state index >= 15 is 0 Å². The van der Waals surface area contributed by atoms with Crippen LogP contribution in [0.5, 0.6) is 5.75 Å². The fraction of sp³-hybridized carbons (Fsp3) is 0.370. The van der Waals surface area contributed by atoms with E-state index in [0.29, 0.717) is 12.3 Å². The molecule has 4 nitrogen and oxygen atoms in total. The van der Waals surface area contributed by atoms with Crippen molar-refractivity contribution in [2.75, 3.05) is 6.61 Å². The van der Waals surface area contributed by atoms with Crippen molar-refractivity contribution in [3.05, 3.63) is 65.9 Å². The van der Waals surface area contributed by atoms with E-state index in [4.69, 9.17) is 9.84 Å². The third-order valence-electron chi connectivity index (χ3n) is 5.62. The zero-order valence-corrected chi connectivity index (χ0v) is 20.2. The van der Waals surface area contributed by atoms with Crippen molar-refractivity contribution < 1.29 is 9.84 Å². The highest BCUT2D eigenvalue weighted by atomic mass is 32.1. The van der Waals surface area contributed by atoms with Crippen molar-refractivity contribution in [1.29, 1.82) is 0 Å². The average Bonchev–Trinajstić information content (AvgIpc) is 3.42. The molecule has 168 valence electrons. The fourth-order valence-corrected chi connectivity index (χ4v) is 5.00. The summed E-state index contributed by atoms with van der Waals surface area (Å²) in [5.74, 6) is 0.889. The maximum Gasteiger partial charge on any atom is 0.119 e. The van der Waals surface area contributed by atoms with Crippen molar-refractivity contribution >= 4 is 17.0 Å². The molecule has 0 fully saturated rings. The van der Waals surface area contributed by atoms with Gasteiger partial charge in [0.25, 0.3) is 0 Å². The molecule has 2 heterocycles. The molecule has 0 spiro atoms. The number of hydrogen-bond donors (Lipinski definition) is 1. The normalized spacial score (nSPS) is 14.3. The summed E-state index contributed by atoms with van der Waals surface area (Å²) in [6, 6.07) is 14.6. The minimum absolute atomic E-state index is 0.667. The van der Waals surface area contributed by atoms with Crippen molar-refractivity contribution in [3.8, 4) is 26.8 Å². The molecule has 0 saturated carbocycles. The molecule has 4 rings (SSSR count).